The fourth-order valence-electron chi connectivity index (χ4n) is 2.70. The molecule has 1 N–H and O–H groups in total. The molecule has 2 aromatic heterocycles. The van der Waals surface area contributed by atoms with E-state index in [4.69, 9.17) is 5.26 Å². The molecule has 5 nitrogen and oxygen atoms in total. The summed E-state index contributed by atoms with van der Waals surface area (Å²) in [5.74, 6) is 0. The summed E-state index contributed by atoms with van der Waals surface area (Å²) >= 11 is 0. The Hall–Kier alpha value is -3.05. The second-order valence-electron chi connectivity index (χ2n) is 4.88. The van der Waals surface area contributed by atoms with E-state index in [-0.39, 0.29) is 12.0 Å². The monoisotopic (exact) mass is 276 g/mol. The van der Waals surface area contributed by atoms with Crippen LogP contribution in [0, 0.1) is 29.6 Å². The number of pyridine rings is 1. The Morgan fingerprint density at radius 1 is 1.29 bits per heavy atom. The molecule has 21 heavy (non-hydrogen) atoms. The van der Waals surface area contributed by atoms with Crippen LogP contribution in [0.15, 0.2) is 29.1 Å². The summed E-state index contributed by atoms with van der Waals surface area (Å²) in [4.78, 5) is 15.9. The van der Waals surface area contributed by atoms with Crippen molar-refractivity contribution in [3.8, 4) is 12.1 Å². The minimum Gasteiger partial charge on any atom is -0.338 e. The highest BCUT2D eigenvalue weighted by molar-refractivity contribution is 5.82. The predicted octanol–water partition coefficient (Wildman–Crippen LogP) is 2.42. The molecule has 0 atom stereocenters. The van der Waals surface area contributed by atoms with Crippen LogP contribution in [0.3, 0.4) is 0 Å². The minimum atomic E-state index is -0.158. The van der Waals surface area contributed by atoms with Gasteiger partial charge in [-0.05, 0) is 31.0 Å². The number of fused-ring (bicyclic) bond motifs is 3. The molecule has 1 aromatic carbocycles. The second-order valence-corrected chi connectivity index (χ2v) is 4.88. The molecule has 102 valence electrons. The molecule has 0 radical (unpaired) electrons. The number of H-pyrrole nitrogens is 1. The topological polar surface area (TPSA) is 84.8 Å². The smallest absolute Gasteiger partial charge is 0.260 e. The van der Waals surface area contributed by atoms with Gasteiger partial charge in [0.1, 0.15) is 11.7 Å². The summed E-state index contributed by atoms with van der Waals surface area (Å²) < 4.78 is 1.54. The molecule has 0 saturated heterocycles. The van der Waals surface area contributed by atoms with Crippen molar-refractivity contribution in [3.05, 3.63) is 51.3 Å². The van der Waals surface area contributed by atoms with Gasteiger partial charge in [-0.1, -0.05) is 12.1 Å². The predicted molar refractivity (Wildman–Crippen MR) is 78.9 cm³/mol. The van der Waals surface area contributed by atoms with Gasteiger partial charge >= 0.3 is 0 Å². The van der Waals surface area contributed by atoms with Gasteiger partial charge in [0.05, 0.1) is 22.7 Å². The Labute approximate surface area is 120 Å². The van der Waals surface area contributed by atoms with Crippen LogP contribution < -0.4 is 5.56 Å². The van der Waals surface area contributed by atoms with Gasteiger partial charge in [0.25, 0.3) is 5.56 Å². The van der Waals surface area contributed by atoms with Crippen LogP contribution in [0.4, 0.5) is 0 Å². The largest absolute Gasteiger partial charge is 0.338 e. The average molecular weight is 276 g/mol. The number of para-hydroxylation sites is 2. The summed E-state index contributed by atoms with van der Waals surface area (Å²) in [7, 11) is 0. The highest BCUT2D eigenvalue weighted by atomic mass is 16.1. The SMILES string of the molecule is Cc1c(CCC#N)c(=O)n2c([nH]c3ccccc32)c1C#N. The molecule has 0 aliphatic rings. The van der Waals surface area contributed by atoms with Crippen LogP contribution in [-0.2, 0) is 6.42 Å². The van der Waals surface area contributed by atoms with Crippen molar-refractivity contribution in [2.75, 3.05) is 0 Å². The fourth-order valence-corrected chi connectivity index (χ4v) is 2.70. The highest BCUT2D eigenvalue weighted by Crippen LogP contribution is 2.21. The molecule has 0 saturated carbocycles. The molecular weight excluding hydrogens is 264 g/mol. The van der Waals surface area contributed by atoms with Gasteiger partial charge < -0.3 is 4.98 Å². The van der Waals surface area contributed by atoms with Crippen LogP contribution >= 0.6 is 0 Å². The maximum absolute atomic E-state index is 12.7. The van der Waals surface area contributed by atoms with E-state index in [9.17, 15) is 10.1 Å². The normalized spacial score (nSPS) is 10.6. The first-order valence-electron chi connectivity index (χ1n) is 6.61. The van der Waals surface area contributed by atoms with Gasteiger partial charge in [-0.2, -0.15) is 10.5 Å². The van der Waals surface area contributed by atoms with Gasteiger partial charge in [0.2, 0.25) is 0 Å². The number of nitrogens with one attached hydrogen (secondary N) is 1. The first-order chi connectivity index (χ1) is 10.2. The lowest BCUT2D eigenvalue weighted by molar-refractivity contribution is 0.943. The van der Waals surface area contributed by atoms with E-state index in [1.54, 1.807) is 6.92 Å². The summed E-state index contributed by atoms with van der Waals surface area (Å²) in [6.45, 7) is 1.76. The van der Waals surface area contributed by atoms with Crippen LogP contribution in [0.1, 0.15) is 23.1 Å². The van der Waals surface area contributed by atoms with E-state index < -0.39 is 0 Å². The molecule has 0 bridgehead atoms. The van der Waals surface area contributed by atoms with Crippen molar-refractivity contribution in [2.24, 2.45) is 0 Å². The van der Waals surface area contributed by atoms with E-state index in [0.29, 0.717) is 28.8 Å². The summed E-state index contributed by atoms with van der Waals surface area (Å²) in [5.41, 5.74) is 3.56. The van der Waals surface area contributed by atoms with Crippen LogP contribution in [0.2, 0.25) is 0 Å². The molecule has 0 aliphatic heterocycles. The minimum absolute atomic E-state index is 0.158. The summed E-state index contributed by atoms with van der Waals surface area (Å²) in [6.07, 6.45) is 0.619. The second kappa shape index (κ2) is 4.81. The number of rotatable bonds is 2. The first kappa shape index (κ1) is 13.0. The zero-order chi connectivity index (χ0) is 15.0. The van der Waals surface area contributed by atoms with Crippen molar-refractivity contribution in [3.63, 3.8) is 0 Å². The van der Waals surface area contributed by atoms with E-state index in [2.05, 4.69) is 11.1 Å². The lowest BCUT2D eigenvalue weighted by Gasteiger charge is -2.07. The Bertz CT molecular complexity index is 995. The molecule has 0 aliphatic carbocycles. The van der Waals surface area contributed by atoms with Crippen molar-refractivity contribution < 1.29 is 0 Å². The number of hydrogen-bond acceptors (Lipinski definition) is 3. The maximum atomic E-state index is 12.7. The third kappa shape index (κ3) is 1.79. The summed E-state index contributed by atoms with van der Waals surface area (Å²) in [5, 5.41) is 18.2. The average Bonchev–Trinajstić information content (AvgIpc) is 2.87. The third-order valence-electron chi connectivity index (χ3n) is 3.75. The summed E-state index contributed by atoms with van der Waals surface area (Å²) in [6, 6.07) is 11.6. The number of imidazole rings is 1. The van der Waals surface area contributed by atoms with Crippen molar-refractivity contribution in [1.82, 2.24) is 9.38 Å². The zero-order valence-electron chi connectivity index (χ0n) is 11.5. The Balaban J connectivity index is 2.52. The Morgan fingerprint density at radius 3 is 2.76 bits per heavy atom. The molecule has 0 spiro atoms. The zero-order valence-corrected chi connectivity index (χ0v) is 11.5. The van der Waals surface area contributed by atoms with Gasteiger partial charge in [-0.15, -0.1) is 0 Å². The van der Waals surface area contributed by atoms with Gasteiger partial charge in [-0.25, -0.2) is 0 Å². The van der Waals surface area contributed by atoms with E-state index >= 15 is 0 Å². The molecule has 5 heteroatoms. The van der Waals surface area contributed by atoms with E-state index in [1.807, 2.05) is 30.3 Å². The lowest BCUT2D eigenvalue weighted by Crippen LogP contribution is -2.20. The quantitative estimate of drug-likeness (QED) is 0.780. The van der Waals surface area contributed by atoms with Crippen LogP contribution in [0.5, 0.6) is 0 Å². The molecule has 0 fully saturated rings. The Morgan fingerprint density at radius 2 is 2.05 bits per heavy atom. The number of nitriles is 2. The highest BCUT2D eigenvalue weighted by Gasteiger charge is 2.17. The number of aromatic nitrogens is 2. The van der Waals surface area contributed by atoms with Crippen LogP contribution in [-0.4, -0.2) is 9.38 Å². The third-order valence-corrected chi connectivity index (χ3v) is 3.75. The first-order valence-corrected chi connectivity index (χ1v) is 6.61. The Kier molecular flexibility index (Phi) is 2.97. The molecule has 0 unspecified atom stereocenters. The molecular formula is C16H12N4O. The maximum Gasteiger partial charge on any atom is 0.260 e. The van der Waals surface area contributed by atoms with E-state index in [1.165, 1.54) is 4.40 Å². The standard InChI is InChI=1S/C16H12N4O/c1-10-11(5-4-8-17)16(21)20-14-7-3-2-6-13(14)19-15(20)12(10)9-18/h2-3,6-7,19H,4-5H2,1H3. The van der Waals surface area contributed by atoms with Gasteiger partial charge in [0, 0.05) is 12.0 Å². The number of nitrogens with zero attached hydrogens (tertiary/aromatic N) is 3. The van der Waals surface area contributed by atoms with Crippen LogP contribution in [0.25, 0.3) is 16.7 Å². The molecule has 3 rings (SSSR count). The van der Waals surface area contributed by atoms with Crippen molar-refractivity contribution in [1.29, 1.82) is 10.5 Å². The number of benzene rings is 1. The number of hydrogen-bond donors (Lipinski definition) is 1. The molecule has 0 amide bonds. The number of aromatic amines is 1. The molecule has 3 aromatic rings. The fraction of sp³-hybridized carbons (Fsp3) is 0.188. The lowest BCUT2D eigenvalue weighted by atomic mass is 10.0. The van der Waals surface area contributed by atoms with Crippen molar-refractivity contribution >= 4 is 16.7 Å². The van der Waals surface area contributed by atoms with E-state index in [0.717, 1.165) is 11.0 Å². The van der Waals surface area contributed by atoms with Gasteiger partial charge in [-0.3, -0.25) is 9.20 Å². The molecule has 2 heterocycles. The van der Waals surface area contributed by atoms with Gasteiger partial charge in [0.15, 0.2) is 0 Å². The van der Waals surface area contributed by atoms with Crippen molar-refractivity contribution in [2.45, 2.75) is 19.8 Å².